The monoisotopic (exact) mass is 244 g/mol. The van der Waals surface area contributed by atoms with Crippen molar-refractivity contribution in [3.63, 3.8) is 0 Å². The van der Waals surface area contributed by atoms with Crippen LogP contribution in [0.1, 0.15) is 34.1 Å². The van der Waals surface area contributed by atoms with E-state index in [1.165, 1.54) is 4.90 Å². The van der Waals surface area contributed by atoms with E-state index in [2.05, 4.69) is 0 Å². The summed E-state index contributed by atoms with van der Waals surface area (Å²) in [5.74, 6) is -1.42. The van der Waals surface area contributed by atoms with Gasteiger partial charge in [-0.15, -0.1) is 0 Å². The second-order valence-corrected chi connectivity index (χ2v) is 4.45. The van der Waals surface area contributed by atoms with Crippen molar-refractivity contribution >= 4 is 12.0 Å². The van der Waals surface area contributed by atoms with Crippen molar-refractivity contribution in [2.24, 2.45) is 5.92 Å². The highest BCUT2D eigenvalue weighted by molar-refractivity contribution is 5.76. The van der Waals surface area contributed by atoms with Gasteiger partial charge in [0.15, 0.2) is 0 Å². The van der Waals surface area contributed by atoms with Gasteiger partial charge in [0.2, 0.25) is 0 Å². The van der Waals surface area contributed by atoms with Gasteiger partial charge in [-0.05, 0) is 20.3 Å². The highest BCUT2D eigenvalue weighted by Gasteiger charge is 2.23. The van der Waals surface area contributed by atoms with Gasteiger partial charge in [-0.3, -0.25) is 4.79 Å². The highest BCUT2D eigenvalue weighted by Crippen LogP contribution is 2.08. The molecule has 100 valence electrons. The number of amides is 2. The first-order valence-electron chi connectivity index (χ1n) is 6.09. The molecule has 17 heavy (non-hydrogen) atoms. The fraction of sp³-hybridized carbons (Fsp3) is 0.833. The Morgan fingerprint density at radius 1 is 1.24 bits per heavy atom. The second kappa shape index (κ2) is 7.14. The van der Waals surface area contributed by atoms with Crippen molar-refractivity contribution in [2.45, 2.75) is 40.2 Å². The smallest absolute Gasteiger partial charge is 0.319 e. The molecule has 0 heterocycles. The first kappa shape index (κ1) is 15.7. The number of aliphatic carboxylic acids is 1. The predicted octanol–water partition coefficient (Wildman–Crippen LogP) is 1.88. The van der Waals surface area contributed by atoms with Crippen LogP contribution in [0.3, 0.4) is 0 Å². The lowest BCUT2D eigenvalue weighted by molar-refractivity contribution is -0.141. The van der Waals surface area contributed by atoms with Crippen molar-refractivity contribution in [3.8, 4) is 0 Å². The van der Waals surface area contributed by atoms with Crippen LogP contribution in [0.5, 0.6) is 0 Å². The molecular formula is C12H24N2O3. The Morgan fingerprint density at radius 3 is 2.12 bits per heavy atom. The highest BCUT2D eigenvalue weighted by atomic mass is 16.4. The van der Waals surface area contributed by atoms with Crippen molar-refractivity contribution in [1.82, 2.24) is 9.80 Å². The van der Waals surface area contributed by atoms with Gasteiger partial charge in [0, 0.05) is 26.2 Å². The Hall–Kier alpha value is -1.26. The van der Waals surface area contributed by atoms with E-state index in [0.29, 0.717) is 6.54 Å². The molecule has 0 aliphatic rings. The number of carbonyl (C=O) groups excluding carboxylic acids is 1. The molecule has 0 aromatic rings. The lowest BCUT2D eigenvalue weighted by Crippen LogP contribution is -2.47. The average Bonchev–Trinajstić information content (AvgIpc) is 2.28. The van der Waals surface area contributed by atoms with Gasteiger partial charge in [0.1, 0.15) is 0 Å². The lowest BCUT2D eigenvalue weighted by Gasteiger charge is -2.32. The minimum atomic E-state index is -0.878. The molecule has 2 amide bonds. The molecule has 0 aromatic carbocycles. The van der Waals surface area contributed by atoms with E-state index < -0.39 is 11.9 Å². The summed E-state index contributed by atoms with van der Waals surface area (Å²) in [7, 11) is 1.65. The molecule has 0 spiro atoms. The van der Waals surface area contributed by atoms with Crippen LogP contribution < -0.4 is 0 Å². The van der Waals surface area contributed by atoms with Crippen molar-refractivity contribution in [1.29, 1.82) is 0 Å². The number of nitrogens with zero attached hydrogens (tertiary/aromatic N) is 2. The fourth-order valence-corrected chi connectivity index (χ4v) is 1.64. The summed E-state index contributed by atoms with van der Waals surface area (Å²) in [6, 6.07) is 0.0741. The summed E-state index contributed by atoms with van der Waals surface area (Å²) in [5.41, 5.74) is 0. The van der Waals surface area contributed by atoms with Gasteiger partial charge in [0.05, 0.1) is 5.92 Å². The molecule has 0 bridgehead atoms. The molecule has 0 aromatic heterocycles. The van der Waals surface area contributed by atoms with E-state index in [9.17, 15) is 9.59 Å². The van der Waals surface area contributed by atoms with E-state index in [4.69, 9.17) is 5.11 Å². The molecule has 5 heteroatoms. The molecule has 0 fully saturated rings. The number of hydrogen-bond donors (Lipinski definition) is 1. The average molecular weight is 244 g/mol. The van der Waals surface area contributed by atoms with Crippen LogP contribution in [-0.2, 0) is 4.79 Å². The lowest BCUT2D eigenvalue weighted by atomic mass is 10.2. The second-order valence-electron chi connectivity index (χ2n) is 4.45. The van der Waals surface area contributed by atoms with E-state index in [0.717, 1.165) is 6.42 Å². The molecule has 0 rings (SSSR count). The first-order valence-corrected chi connectivity index (χ1v) is 6.09. The molecule has 2 unspecified atom stereocenters. The number of carboxylic acid groups (broad SMARTS) is 1. The van der Waals surface area contributed by atoms with Crippen LogP contribution in [-0.4, -0.2) is 53.1 Å². The Balaban J connectivity index is 4.51. The summed E-state index contributed by atoms with van der Waals surface area (Å²) in [6.07, 6.45) is 0.891. The van der Waals surface area contributed by atoms with Crippen molar-refractivity contribution < 1.29 is 14.7 Å². The van der Waals surface area contributed by atoms with Gasteiger partial charge in [0.25, 0.3) is 0 Å². The fourth-order valence-electron chi connectivity index (χ4n) is 1.64. The molecule has 0 saturated carbocycles. The summed E-state index contributed by atoms with van der Waals surface area (Å²) >= 11 is 0. The molecule has 1 N–H and O–H groups in total. The maximum absolute atomic E-state index is 12.1. The minimum absolute atomic E-state index is 0.102. The topological polar surface area (TPSA) is 60.9 Å². The Labute approximate surface area is 103 Å². The summed E-state index contributed by atoms with van der Waals surface area (Å²) in [6.45, 7) is 8.43. The zero-order valence-corrected chi connectivity index (χ0v) is 11.4. The normalized spacial score (nSPS) is 13.9. The Morgan fingerprint density at radius 2 is 1.76 bits per heavy atom. The van der Waals surface area contributed by atoms with Crippen LogP contribution in [0.25, 0.3) is 0 Å². The van der Waals surface area contributed by atoms with Crippen molar-refractivity contribution in [2.75, 3.05) is 20.1 Å². The number of carboxylic acids is 1. The van der Waals surface area contributed by atoms with Crippen LogP contribution in [0.2, 0.25) is 0 Å². The summed E-state index contributed by atoms with van der Waals surface area (Å²) < 4.78 is 0. The zero-order valence-electron chi connectivity index (χ0n) is 11.4. The van der Waals surface area contributed by atoms with Gasteiger partial charge in [-0.2, -0.15) is 0 Å². The SMILES string of the molecule is CCC(C)N(CC)C(=O)N(C)CC(C)C(=O)O. The van der Waals surface area contributed by atoms with Crippen LogP contribution in [0, 0.1) is 5.92 Å². The summed E-state index contributed by atoms with van der Waals surface area (Å²) in [4.78, 5) is 26.1. The quantitative estimate of drug-likeness (QED) is 0.776. The third kappa shape index (κ3) is 4.63. The van der Waals surface area contributed by atoms with Crippen LogP contribution in [0.15, 0.2) is 0 Å². The number of rotatable bonds is 6. The molecule has 0 aliphatic carbocycles. The maximum Gasteiger partial charge on any atom is 0.319 e. The largest absolute Gasteiger partial charge is 0.481 e. The van der Waals surface area contributed by atoms with Crippen LogP contribution in [0.4, 0.5) is 4.79 Å². The number of carbonyl (C=O) groups is 2. The van der Waals surface area contributed by atoms with E-state index >= 15 is 0 Å². The molecule has 5 nitrogen and oxygen atoms in total. The van der Waals surface area contributed by atoms with E-state index in [1.54, 1.807) is 18.9 Å². The summed E-state index contributed by atoms with van der Waals surface area (Å²) in [5, 5.41) is 8.81. The molecule has 0 radical (unpaired) electrons. The number of hydrogen-bond acceptors (Lipinski definition) is 2. The first-order chi connectivity index (χ1) is 7.84. The molecular weight excluding hydrogens is 220 g/mol. The maximum atomic E-state index is 12.1. The zero-order chi connectivity index (χ0) is 13.6. The van der Waals surface area contributed by atoms with Crippen LogP contribution >= 0.6 is 0 Å². The van der Waals surface area contributed by atoms with Gasteiger partial charge < -0.3 is 14.9 Å². The van der Waals surface area contributed by atoms with E-state index in [1.807, 2.05) is 20.8 Å². The molecule has 2 atom stereocenters. The van der Waals surface area contributed by atoms with E-state index in [-0.39, 0.29) is 18.6 Å². The molecule has 0 saturated heterocycles. The standard InChI is InChI=1S/C12H24N2O3/c1-6-10(4)14(7-2)12(17)13(5)8-9(3)11(15)16/h9-10H,6-8H2,1-5H3,(H,15,16). The minimum Gasteiger partial charge on any atom is -0.481 e. The number of urea groups is 1. The van der Waals surface area contributed by atoms with Gasteiger partial charge in [-0.25, -0.2) is 4.79 Å². The van der Waals surface area contributed by atoms with Gasteiger partial charge in [-0.1, -0.05) is 13.8 Å². The van der Waals surface area contributed by atoms with Gasteiger partial charge >= 0.3 is 12.0 Å². The third-order valence-corrected chi connectivity index (χ3v) is 3.01. The third-order valence-electron chi connectivity index (χ3n) is 3.01. The molecule has 0 aliphatic heterocycles. The Bertz CT molecular complexity index is 268. The van der Waals surface area contributed by atoms with Crippen molar-refractivity contribution in [3.05, 3.63) is 0 Å². The predicted molar refractivity (Wildman–Crippen MR) is 67.0 cm³/mol. The Kier molecular flexibility index (Phi) is 6.61.